The van der Waals surface area contributed by atoms with Crippen LogP contribution in [0.4, 0.5) is 18.9 Å². The lowest BCUT2D eigenvalue weighted by Gasteiger charge is -2.47. The molecule has 7 rings (SSSR count). The van der Waals surface area contributed by atoms with Crippen molar-refractivity contribution in [3.05, 3.63) is 76.0 Å². The molecule has 0 radical (unpaired) electrons. The normalized spacial score (nSPS) is 19.2. The average molecular weight is 559 g/mol. The molecule has 38 heavy (non-hydrogen) atoms. The van der Waals surface area contributed by atoms with Crippen LogP contribution in [-0.4, -0.2) is 27.6 Å². The summed E-state index contributed by atoms with van der Waals surface area (Å²) in [7, 11) is 0. The first-order valence-corrected chi connectivity index (χ1v) is 13.4. The van der Waals surface area contributed by atoms with Gasteiger partial charge < -0.3 is 9.42 Å². The Labute approximate surface area is 226 Å². The average Bonchev–Trinajstić information content (AvgIpc) is 3.47. The van der Waals surface area contributed by atoms with Crippen LogP contribution in [0, 0.1) is 5.41 Å². The van der Waals surface area contributed by atoms with Crippen molar-refractivity contribution in [2.45, 2.75) is 44.2 Å². The second-order valence-electron chi connectivity index (χ2n) is 10.6. The van der Waals surface area contributed by atoms with E-state index in [-0.39, 0.29) is 5.41 Å². The zero-order valence-corrected chi connectivity index (χ0v) is 21.7. The van der Waals surface area contributed by atoms with Crippen molar-refractivity contribution in [1.82, 2.24) is 14.5 Å². The Balaban J connectivity index is 1.15. The Bertz CT molecular complexity index is 1570. The molecule has 196 valence electrons. The Hall–Kier alpha value is -2.97. The van der Waals surface area contributed by atoms with Crippen molar-refractivity contribution in [2.24, 2.45) is 5.41 Å². The number of allylic oxidation sites excluding steroid dienone is 2. The van der Waals surface area contributed by atoms with E-state index in [1.807, 2.05) is 24.3 Å². The van der Waals surface area contributed by atoms with Crippen molar-refractivity contribution in [3.8, 4) is 11.3 Å². The monoisotopic (exact) mass is 558 g/mol. The Morgan fingerprint density at radius 1 is 1.00 bits per heavy atom. The summed E-state index contributed by atoms with van der Waals surface area (Å²) in [6.45, 7) is 1.52. The van der Waals surface area contributed by atoms with Gasteiger partial charge in [0.15, 0.2) is 0 Å². The van der Waals surface area contributed by atoms with Gasteiger partial charge in [0, 0.05) is 36.3 Å². The highest BCUT2D eigenvalue weighted by Gasteiger charge is 2.44. The number of pyridine rings is 1. The van der Waals surface area contributed by atoms with Gasteiger partial charge in [-0.05, 0) is 67.4 Å². The lowest BCUT2D eigenvalue weighted by Crippen LogP contribution is -2.42. The van der Waals surface area contributed by atoms with Gasteiger partial charge in [0.05, 0.1) is 27.4 Å². The molecule has 5 nitrogen and oxygen atoms in total. The molecule has 1 saturated heterocycles. The summed E-state index contributed by atoms with van der Waals surface area (Å²) in [5, 5.41) is 5.51. The highest BCUT2D eigenvalue weighted by molar-refractivity contribution is 6.39. The number of nitrogens with zero attached hydrogens (tertiary/aromatic N) is 4. The van der Waals surface area contributed by atoms with Crippen molar-refractivity contribution in [1.29, 1.82) is 0 Å². The van der Waals surface area contributed by atoms with Crippen LogP contribution < -0.4 is 4.90 Å². The zero-order chi connectivity index (χ0) is 26.2. The Kier molecular flexibility index (Phi) is 5.40. The molecule has 10 heteroatoms. The highest BCUT2D eigenvalue weighted by atomic mass is 35.5. The van der Waals surface area contributed by atoms with Crippen molar-refractivity contribution in [2.75, 3.05) is 18.0 Å². The van der Waals surface area contributed by atoms with Gasteiger partial charge in [-0.1, -0.05) is 40.5 Å². The number of anilines is 1. The van der Waals surface area contributed by atoms with Crippen LogP contribution in [0.5, 0.6) is 0 Å². The lowest BCUT2D eigenvalue weighted by atomic mass is 9.63. The van der Waals surface area contributed by atoms with Crippen LogP contribution in [-0.2, 0) is 6.18 Å². The van der Waals surface area contributed by atoms with Crippen LogP contribution in [0.1, 0.15) is 55.2 Å². The highest BCUT2D eigenvalue weighted by Crippen LogP contribution is 2.56. The maximum Gasteiger partial charge on any atom is 0.450 e. The third-order valence-electron chi connectivity index (χ3n) is 8.10. The first kappa shape index (κ1) is 24.1. The predicted molar refractivity (Wildman–Crippen MR) is 141 cm³/mol. The first-order chi connectivity index (χ1) is 18.2. The molecular weight excluding hydrogens is 536 g/mol. The maximum atomic E-state index is 13.4. The number of hydrogen-bond donors (Lipinski definition) is 0. The van der Waals surface area contributed by atoms with Gasteiger partial charge in [0.1, 0.15) is 11.5 Å². The van der Waals surface area contributed by atoms with Crippen LogP contribution in [0.3, 0.4) is 0 Å². The number of benzene rings is 1. The van der Waals surface area contributed by atoms with Crippen molar-refractivity contribution >= 4 is 40.0 Å². The second-order valence-corrected chi connectivity index (χ2v) is 11.4. The molecule has 0 atom stereocenters. The minimum absolute atomic E-state index is 0.0573. The number of fused-ring (bicyclic) bond motifs is 1. The number of halogens is 5. The van der Waals surface area contributed by atoms with Gasteiger partial charge in [-0.25, -0.2) is 4.98 Å². The minimum Gasteiger partial charge on any atom is -0.370 e. The molecule has 3 aromatic heterocycles. The van der Waals surface area contributed by atoms with Crippen LogP contribution >= 0.6 is 23.2 Å². The quantitative estimate of drug-likeness (QED) is 0.253. The molecule has 1 saturated carbocycles. The number of rotatable bonds is 4. The fourth-order valence-electron chi connectivity index (χ4n) is 5.92. The standard InChI is InChI=1S/C28H23Cl2F3N4O/c29-20-2-1-3-21(30)23(20)24-22(25(38-35-24)16-4-5-16)17-12-27(13-17)8-10-36(11-9-27)19-7-6-18-14-34-26(28(31,32)33)37(18)15-19/h1-3,6-7,12,14-16H,4-5,8-11,13H2. The largest absolute Gasteiger partial charge is 0.450 e. The van der Waals surface area contributed by atoms with E-state index in [1.165, 1.54) is 11.8 Å². The first-order valence-electron chi connectivity index (χ1n) is 12.7. The summed E-state index contributed by atoms with van der Waals surface area (Å²) in [6, 6.07) is 8.99. The molecule has 4 heterocycles. The van der Waals surface area contributed by atoms with Crippen molar-refractivity contribution in [3.63, 3.8) is 0 Å². The summed E-state index contributed by atoms with van der Waals surface area (Å²) in [6.07, 6.45) is 5.54. The predicted octanol–water partition coefficient (Wildman–Crippen LogP) is 8.27. The molecule has 1 aromatic carbocycles. The van der Waals surface area contributed by atoms with Crippen LogP contribution in [0.15, 0.2) is 53.3 Å². The third kappa shape index (κ3) is 3.92. The van der Waals surface area contributed by atoms with E-state index in [2.05, 4.69) is 21.1 Å². The summed E-state index contributed by atoms with van der Waals surface area (Å²) >= 11 is 13.1. The number of alkyl halides is 3. The van der Waals surface area contributed by atoms with Gasteiger partial charge >= 0.3 is 6.18 Å². The molecular formula is C28H23Cl2F3N4O. The molecule has 2 aliphatic carbocycles. The fourth-order valence-corrected chi connectivity index (χ4v) is 6.50. The summed E-state index contributed by atoms with van der Waals surface area (Å²) in [4.78, 5) is 5.73. The maximum absolute atomic E-state index is 13.4. The number of imidazole rings is 1. The molecule has 1 spiro atoms. The van der Waals surface area contributed by atoms with E-state index in [4.69, 9.17) is 27.7 Å². The summed E-state index contributed by atoms with van der Waals surface area (Å²) in [5.74, 6) is 0.402. The molecule has 0 amide bonds. The summed E-state index contributed by atoms with van der Waals surface area (Å²) < 4.78 is 47.1. The zero-order valence-electron chi connectivity index (χ0n) is 20.2. The van der Waals surface area contributed by atoms with E-state index in [0.717, 1.165) is 66.6 Å². The van der Waals surface area contributed by atoms with Gasteiger partial charge in [-0.15, -0.1) is 0 Å². The molecule has 1 aliphatic heterocycles. The number of hydrogen-bond acceptors (Lipinski definition) is 4. The molecule has 0 unspecified atom stereocenters. The third-order valence-corrected chi connectivity index (χ3v) is 8.73. The molecule has 3 aliphatic rings. The van der Waals surface area contributed by atoms with E-state index in [1.54, 1.807) is 12.3 Å². The summed E-state index contributed by atoms with van der Waals surface area (Å²) in [5.41, 5.74) is 4.90. The number of piperidine rings is 1. The van der Waals surface area contributed by atoms with E-state index in [9.17, 15) is 13.2 Å². The van der Waals surface area contributed by atoms with Gasteiger partial charge in [0.2, 0.25) is 5.82 Å². The van der Waals surface area contributed by atoms with E-state index >= 15 is 0 Å². The molecule has 4 aromatic rings. The Morgan fingerprint density at radius 3 is 2.37 bits per heavy atom. The van der Waals surface area contributed by atoms with E-state index in [0.29, 0.717) is 32.7 Å². The minimum atomic E-state index is -4.50. The smallest absolute Gasteiger partial charge is 0.370 e. The molecule has 0 bridgehead atoms. The second kappa shape index (κ2) is 8.52. The van der Waals surface area contributed by atoms with Crippen LogP contribution in [0.2, 0.25) is 10.0 Å². The molecule has 0 N–H and O–H groups in total. The number of aromatic nitrogens is 3. The lowest BCUT2D eigenvalue weighted by molar-refractivity contribution is -0.145. The van der Waals surface area contributed by atoms with Crippen molar-refractivity contribution < 1.29 is 17.7 Å². The fraction of sp³-hybridized carbons (Fsp3) is 0.357. The topological polar surface area (TPSA) is 46.6 Å². The van der Waals surface area contributed by atoms with Gasteiger partial charge in [0.25, 0.3) is 0 Å². The Morgan fingerprint density at radius 2 is 1.71 bits per heavy atom. The van der Waals surface area contributed by atoms with Gasteiger partial charge in [-0.2, -0.15) is 13.2 Å². The van der Waals surface area contributed by atoms with Gasteiger partial charge in [-0.3, -0.25) is 4.40 Å². The van der Waals surface area contributed by atoms with Crippen LogP contribution in [0.25, 0.3) is 22.3 Å². The van der Waals surface area contributed by atoms with E-state index < -0.39 is 12.0 Å². The molecule has 2 fully saturated rings. The SMILES string of the molecule is FC(F)(F)c1ncc2ccc(N3CCC4(C=C(c5c(-c6c(Cl)cccc6Cl)noc5C5CC5)C4)CC3)cn12.